The third-order valence-electron chi connectivity index (χ3n) is 5.74. The van der Waals surface area contributed by atoms with E-state index in [4.69, 9.17) is 9.72 Å². The van der Waals surface area contributed by atoms with Gasteiger partial charge in [0.15, 0.2) is 0 Å². The highest BCUT2D eigenvalue weighted by molar-refractivity contribution is 9.10. The van der Waals surface area contributed by atoms with Crippen molar-refractivity contribution in [3.63, 3.8) is 0 Å². The van der Waals surface area contributed by atoms with Crippen LogP contribution in [0.2, 0.25) is 0 Å². The van der Waals surface area contributed by atoms with Gasteiger partial charge in [0.25, 0.3) is 11.5 Å². The Hall–Kier alpha value is -3.45. The number of carbonyl (C=O) groups is 1. The molecule has 1 heterocycles. The lowest BCUT2D eigenvalue weighted by Crippen LogP contribution is -2.35. The highest BCUT2D eigenvalue weighted by Crippen LogP contribution is 2.28. The molecule has 0 radical (unpaired) electrons. The molecule has 4 aromatic rings. The minimum absolute atomic E-state index is 0.167. The monoisotopic (exact) mass is 505 g/mol. The van der Waals surface area contributed by atoms with Crippen LogP contribution in [-0.2, 0) is 0 Å². The van der Waals surface area contributed by atoms with Gasteiger partial charge in [-0.05, 0) is 67.9 Å². The van der Waals surface area contributed by atoms with Gasteiger partial charge >= 0.3 is 0 Å². The Morgan fingerprint density at radius 2 is 1.79 bits per heavy atom. The Balaban J connectivity index is 1.92. The molecule has 0 aliphatic rings. The van der Waals surface area contributed by atoms with Crippen LogP contribution >= 0.6 is 15.9 Å². The Labute approximate surface area is 200 Å². The summed E-state index contributed by atoms with van der Waals surface area (Å²) in [4.78, 5) is 33.3. The van der Waals surface area contributed by atoms with Gasteiger partial charge in [0.2, 0.25) is 0 Å². The van der Waals surface area contributed by atoms with Gasteiger partial charge in [0.05, 0.1) is 29.7 Å². The molecule has 0 saturated carbocycles. The second kappa shape index (κ2) is 9.19. The van der Waals surface area contributed by atoms with Crippen molar-refractivity contribution < 1.29 is 9.53 Å². The molecule has 0 saturated heterocycles. The van der Waals surface area contributed by atoms with Gasteiger partial charge in [-0.2, -0.15) is 0 Å². The number of ether oxygens (including phenoxy) is 1. The highest BCUT2D eigenvalue weighted by Gasteiger charge is 2.26. The van der Waals surface area contributed by atoms with Crippen molar-refractivity contribution in [1.82, 2.24) is 14.5 Å². The van der Waals surface area contributed by atoms with Crippen LogP contribution in [0.15, 0.2) is 76.0 Å². The van der Waals surface area contributed by atoms with Crippen LogP contribution in [0.1, 0.15) is 34.7 Å². The van der Waals surface area contributed by atoms with Gasteiger partial charge in [-0.1, -0.05) is 34.1 Å². The van der Waals surface area contributed by atoms with Crippen molar-refractivity contribution >= 4 is 32.7 Å². The average molecular weight is 506 g/mol. The van der Waals surface area contributed by atoms with Gasteiger partial charge in [-0.25, -0.2) is 4.98 Å². The number of benzene rings is 3. The van der Waals surface area contributed by atoms with Crippen molar-refractivity contribution in [3.8, 4) is 11.4 Å². The van der Waals surface area contributed by atoms with E-state index in [2.05, 4.69) is 15.9 Å². The third-order valence-corrected chi connectivity index (χ3v) is 6.27. The molecule has 4 rings (SSSR count). The number of halogens is 1. The fourth-order valence-electron chi connectivity index (χ4n) is 3.78. The molecule has 1 aromatic heterocycles. The Bertz CT molecular complexity index is 1400. The Morgan fingerprint density at radius 1 is 1.09 bits per heavy atom. The molecule has 1 unspecified atom stereocenters. The molecule has 0 aliphatic heterocycles. The van der Waals surface area contributed by atoms with Crippen LogP contribution in [0.5, 0.6) is 5.75 Å². The minimum atomic E-state index is -0.497. The van der Waals surface area contributed by atoms with Gasteiger partial charge in [-0.3, -0.25) is 14.2 Å². The largest absolute Gasteiger partial charge is 0.495 e. The number of fused-ring (bicyclic) bond motifs is 1. The van der Waals surface area contributed by atoms with Crippen molar-refractivity contribution in [2.45, 2.75) is 19.9 Å². The lowest BCUT2D eigenvalue weighted by atomic mass is 10.1. The number of hydrogen-bond donors (Lipinski definition) is 0. The molecule has 6 nitrogen and oxygen atoms in total. The number of amides is 1. The first-order valence-electron chi connectivity index (χ1n) is 10.5. The fourth-order valence-corrected chi connectivity index (χ4v) is 4.05. The maximum atomic E-state index is 13.7. The number of methoxy groups -OCH3 is 1. The second-order valence-electron chi connectivity index (χ2n) is 7.90. The summed E-state index contributed by atoms with van der Waals surface area (Å²) in [5.41, 5.74) is 2.48. The Morgan fingerprint density at radius 3 is 2.48 bits per heavy atom. The van der Waals surface area contributed by atoms with Crippen LogP contribution in [0.25, 0.3) is 16.6 Å². The smallest absolute Gasteiger partial charge is 0.266 e. The van der Waals surface area contributed by atoms with E-state index in [1.807, 2.05) is 56.3 Å². The molecular formula is C26H24BrN3O3. The summed E-state index contributed by atoms with van der Waals surface area (Å²) in [5, 5.41) is 0.499. The van der Waals surface area contributed by atoms with Gasteiger partial charge in [0.1, 0.15) is 11.6 Å². The van der Waals surface area contributed by atoms with Crippen molar-refractivity contribution in [3.05, 3.63) is 98.5 Å². The van der Waals surface area contributed by atoms with Gasteiger partial charge < -0.3 is 9.64 Å². The van der Waals surface area contributed by atoms with E-state index < -0.39 is 6.04 Å². The van der Waals surface area contributed by atoms with Crippen molar-refractivity contribution in [2.24, 2.45) is 0 Å². The molecule has 0 aliphatic carbocycles. The van der Waals surface area contributed by atoms with E-state index in [1.165, 1.54) is 0 Å². The molecular weight excluding hydrogens is 482 g/mol. The molecule has 3 aromatic carbocycles. The highest BCUT2D eigenvalue weighted by atomic mass is 79.9. The van der Waals surface area contributed by atoms with Crippen LogP contribution < -0.4 is 10.3 Å². The molecule has 0 spiro atoms. The average Bonchev–Trinajstić information content (AvgIpc) is 2.83. The number of carbonyl (C=O) groups excluding carboxylic acids is 1. The summed E-state index contributed by atoms with van der Waals surface area (Å²) in [6.45, 7) is 3.82. The van der Waals surface area contributed by atoms with Crippen molar-refractivity contribution in [2.75, 3.05) is 14.2 Å². The minimum Gasteiger partial charge on any atom is -0.495 e. The van der Waals surface area contributed by atoms with Crippen molar-refractivity contribution in [1.29, 1.82) is 0 Å². The number of nitrogens with zero attached hydrogens (tertiary/aromatic N) is 3. The fraction of sp³-hybridized carbons (Fsp3) is 0.192. The SMILES string of the molecule is COc1ccc(C)cc1-n1c(C(C)N(C)C(=O)c2ccc(Br)cc2)nc2ccccc2c1=O. The van der Waals surface area contributed by atoms with E-state index in [9.17, 15) is 9.59 Å². The quantitative estimate of drug-likeness (QED) is 0.369. The second-order valence-corrected chi connectivity index (χ2v) is 8.82. The van der Waals surface area contributed by atoms with Crippen LogP contribution in [0.4, 0.5) is 0 Å². The molecule has 168 valence electrons. The number of hydrogen-bond acceptors (Lipinski definition) is 4. The normalized spacial score (nSPS) is 11.9. The van der Waals surface area contributed by atoms with Gasteiger partial charge in [-0.15, -0.1) is 0 Å². The van der Waals surface area contributed by atoms with Gasteiger partial charge in [0, 0.05) is 17.1 Å². The topological polar surface area (TPSA) is 64.4 Å². The summed E-state index contributed by atoms with van der Waals surface area (Å²) in [6.07, 6.45) is 0. The van der Waals surface area contributed by atoms with E-state index in [0.29, 0.717) is 33.7 Å². The van der Waals surface area contributed by atoms with E-state index in [1.54, 1.807) is 47.9 Å². The maximum absolute atomic E-state index is 13.7. The number of aromatic nitrogens is 2. The molecule has 33 heavy (non-hydrogen) atoms. The third kappa shape index (κ3) is 4.28. The zero-order chi connectivity index (χ0) is 23.7. The molecule has 0 fully saturated rings. The summed E-state index contributed by atoms with van der Waals surface area (Å²) < 4.78 is 8.03. The van der Waals surface area contributed by atoms with E-state index >= 15 is 0 Å². The zero-order valence-electron chi connectivity index (χ0n) is 18.9. The first-order chi connectivity index (χ1) is 15.8. The molecule has 0 bridgehead atoms. The molecule has 7 heteroatoms. The molecule has 1 amide bonds. The number of rotatable bonds is 5. The van der Waals surface area contributed by atoms with E-state index in [0.717, 1.165) is 10.0 Å². The van der Waals surface area contributed by atoms with E-state index in [-0.39, 0.29) is 11.5 Å². The summed E-state index contributed by atoms with van der Waals surface area (Å²) in [7, 11) is 3.29. The van der Waals surface area contributed by atoms with Crippen LogP contribution in [-0.4, -0.2) is 34.5 Å². The Kier molecular flexibility index (Phi) is 6.33. The molecule has 1 atom stereocenters. The summed E-state index contributed by atoms with van der Waals surface area (Å²) in [5.74, 6) is 0.839. The number of para-hydroxylation sites is 1. The van der Waals surface area contributed by atoms with Crippen LogP contribution in [0, 0.1) is 6.92 Å². The zero-order valence-corrected chi connectivity index (χ0v) is 20.5. The first kappa shape index (κ1) is 22.7. The van der Waals surface area contributed by atoms with Crippen LogP contribution in [0.3, 0.4) is 0 Å². The predicted molar refractivity (Wildman–Crippen MR) is 133 cm³/mol. The lowest BCUT2D eigenvalue weighted by molar-refractivity contribution is 0.0735. The summed E-state index contributed by atoms with van der Waals surface area (Å²) in [6, 6.07) is 19.6. The molecule has 0 N–H and O–H groups in total. The predicted octanol–water partition coefficient (Wildman–Crippen LogP) is 5.30. The lowest BCUT2D eigenvalue weighted by Gasteiger charge is -2.27. The standard InChI is InChI=1S/C26H24BrN3O3/c1-16-9-14-23(33-4)22(15-16)30-24(28-21-8-6-5-7-20(21)26(30)32)17(2)29(3)25(31)18-10-12-19(27)13-11-18/h5-15,17H,1-4H3. The summed E-state index contributed by atoms with van der Waals surface area (Å²) >= 11 is 3.40. The first-order valence-corrected chi connectivity index (χ1v) is 11.3. The maximum Gasteiger partial charge on any atom is 0.266 e. The number of aryl methyl sites for hydroxylation is 1.